The largest absolute Gasteiger partial charge is 0.497 e. The predicted octanol–water partition coefficient (Wildman–Crippen LogP) is 4.44. The van der Waals surface area contributed by atoms with E-state index >= 15 is 0 Å². The van der Waals surface area contributed by atoms with Crippen molar-refractivity contribution in [2.24, 2.45) is 5.92 Å². The Morgan fingerprint density at radius 1 is 0.721 bits per heavy atom. The van der Waals surface area contributed by atoms with Gasteiger partial charge in [0.15, 0.2) is 0 Å². The molecule has 0 fully saturated rings. The van der Waals surface area contributed by atoms with Crippen LogP contribution in [-0.2, 0) is 31.3 Å². The van der Waals surface area contributed by atoms with Crippen molar-refractivity contribution >= 4 is 23.5 Å². The molecule has 3 atom stereocenters. The fourth-order valence-corrected chi connectivity index (χ4v) is 3.79. The van der Waals surface area contributed by atoms with Crippen LogP contribution in [0.3, 0.4) is 0 Å². The lowest BCUT2D eigenvalue weighted by Crippen LogP contribution is -2.55. The van der Waals surface area contributed by atoms with Gasteiger partial charge in [-0.25, -0.2) is 0 Å². The minimum atomic E-state index is -5.31. The number of rotatable bonds is 11. The molecule has 0 aliphatic rings. The molecule has 0 heterocycles. The smallest absolute Gasteiger partial charge is 0.452 e. The molecular weight excluding hydrogens is 598 g/mol. The van der Waals surface area contributed by atoms with Crippen molar-refractivity contribution < 1.29 is 59.0 Å². The minimum Gasteiger partial charge on any atom is -0.497 e. The van der Waals surface area contributed by atoms with Crippen LogP contribution >= 0.6 is 0 Å². The summed E-state index contributed by atoms with van der Waals surface area (Å²) in [5.41, 5.74) is -3.50. The molecular formula is C27H27F8N3O5. The van der Waals surface area contributed by atoms with Crippen LogP contribution in [0.5, 0.6) is 5.75 Å². The second-order valence-corrected chi connectivity index (χ2v) is 9.62. The summed E-state index contributed by atoms with van der Waals surface area (Å²) in [6.45, 7) is 3.33. The van der Waals surface area contributed by atoms with E-state index in [0.29, 0.717) is 12.1 Å². The van der Waals surface area contributed by atoms with Gasteiger partial charge in [-0.05, 0) is 36.6 Å². The van der Waals surface area contributed by atoms with E-state index in [-0.39, 0.29) is 11.3 Å². The van der Waals surface area contributed by atoms with Crippen molar-refractivity contribution in [1.82, 2.24) is 16.0 Å². The summed E-state index contributed by atoms with van der Waals surface area (Å²) < 4.78 is 114. The number of methoxy groups -OCH3 is 1. The summed E-state index contributed by atoms with van der Waals surface area (Å²) >= 11 is 0. The average Bonchev–Trinajstić information content (AvgIpc) is 2.92. The van der Waals surface area contributed by atoms with Crippen LogP contribution in [0.2, 0.25) is 0 Å². The van der Waals surface area contributed by atoms with Crippen molar-refractivity contribution in [1.29, 1.82) is 0 Å². The van der Waals surface area contributed by atoms with Crippen molar-refractivity contribution in [3.63, 3.8) is 0 Å². The Hall–Kier alpha value is -4.24. The van der Waals surface area contributed by atoms with Crippen molar-refractivity contribution in [2.45, 2.75) is 57.2 Å². The Labute approximate surface area is 240 Å². The van der Waals surface area contributed by atoms with E-state index in [0.717, 1.165) is 19.1 Å². The third-order valence-corrected chi connectivity index (χ3v) is 6.12. The van der Waals surface area contributed by atoms with Crippen LogP contribution in [0, 0.1) is 5.92 Å². The number of carbonyl (C=O) groups excluding carboxylic acids is 4. The topological polar surface area (TPSA) is 114 Å². The average molecular weight is 626 g/mol. The lowest BCUT2D eigenvalue weighted by atomic mass is 9.97. The van der Waals surface area contributed by atoms with Gasteiger partial charge < -0.3 is 20.7 Å². The van der Waals surface area contributed by atoms with Crippen molar-refractivity contribution in [2.75, 3.05) is 7.11 Å². The maximum atomic E-state index is 14.8. The summed E-state index contributed by atoms with van der Waals surface area (Å²) in [5.74, 6) is -12.7. The van der Waals surface area contributed by atoms with Crippen LogP contribution in [0.25, 0.3) is 0 Å². The maximum Gasteiger partial charge on any atom is 0.452 e. The molecule has 3 N–H and O–H groups in total. The molecule has 0 aliphatic heterocycles. The number of hydrogen-bond donors (Lipinski definition) is 3. The first-order valence-electron chi connectivity index (χ1n) is 12.4. The van der Waals surface area contributed by atoms with E-state index in [1.807, 2.05) is 5.32 Å². The third-order valence-electron chi connectivity index (χ3n) is 6.12. The lowest BCUT2D eigenvalue weighted by Gasteiger charge is -2.27. The number of halogens is 8. The van der Waals surface area contributed by atoms with Gasteiger partial charge in [0.1, 0.15) is 17.8 Å². The van der Waals surface area contributed by atoms with Gasteiger partial charge in [0.05, 0.1) is 18.7 Å². The van der Waals surface area contributed by atoms with Gasteiger partial charge >= 0.3 is 18.3 Å². The Morgan fingerprint density at radius 2 is 1.26 bits per heavy atom. The summed E-state index contributed by atoms with van der Waals surface area (Å²) in [5, 5.41) is 5.62. The Morgan fingerprint density at radius 3 is 1.72 bits per heavy atom. The number of ether oxygens (including phenoxy) is 1. The number of carbonyl (C=O) groups is 4. The fourth-order valence-electron chi connectivity index (χ4n) is 3.79. The summed E-state index contributed by atoms with van der Waals surface area (Å²) in [4.78, 5) is 50.3. The maximum absolute atomic E-state index is 14.8. The molecule has 0 radical (unpaired) electrons. The lowest BCUT2D eigenvalue weighted by molar-refractivity contribution is -0.175. The predicted molar refractivity (Wildman–Crippen MR) is 135 cm³/mol. The molecule has 0 spiro atoms. The number of alkyl halides is 8. The van der Waals surface area contributed by atoms with Crippen molar-refractivity contribution in [3.8, 4) is 5.75 Å². The highest BCUT2D eigenvalue weighted by Crippen LogP contribution is 2.39. The second kappa shape index (κ2) is 13.4. The number of benzene rings is 2. The van der Waals surface area contributed by atoms with Gasteiger partial charge in [-0.2, -0.15) is 35.1 Å². The molecule has 0 aromatic heterocycles. The molecule has 236 valence electrons. The zero-order valence-electron chi connectivity index (χ0n) is 23.0. The Kier molecular flexibility index (Phi) is 10.9. The van der Waals surface area contributed by atoms with Gasteiger partial charge in [-0.3, -0.25) is 19.2 Å². The molecule has 0 saturated heterocycles. The Balaban J connectivity index is 2.34. The van der Waals surface area contributed by atoms with E-state index in [4.69, 9.17) is 4.74 Å². The van der Waals surface area contributed by atoms with E-state index in [9.17, 15) is 54.3 Å². The molecule has 0 saturated carbocycles. The van der Waals surface area contributed by atoms with Gasteiger partial charge in [0.2, 0.25) is 11.8 Å². The summed E-state index contributed by atoms with van der Waals surface area (Å²) in [6.07, 6.45) is -10.5. The quantitative estimate of drug-likeness (QED) is 0.320. The second-order valence-electron chi connectivity index (χ2n) is 9.62. The van der Waals surface area contributed by atoms with Crippen LogP contribution in [0.4, 0.5) is 35.1 Å². The molecule has 0 aliphatic carbocycles. The van der Waals surface area contributed by atoms with E-state index < -0.39 is 77.0 Å². The van der Waals surface area contributed by atoms with E-state index in [1.54, 1.807) is 5.32 Å². The number of Topliss-reactive ketones (excluding diaryl/α,β-unsaturated/α-hetero) is 1. The molecule has 0 bridgehead atoms. The van der Waals surface area contributed by atoms with E-state index in [2.05, 4.69) is 5.32 Å². The van der Waals surface area contributed by atoms with Crippen LogP contribution < -0.4 is 20.7 Å². The molecule has 16 heteroatoms. The SMILES string of the molecule is COc1ccc([C@H](NC(=O)[C@H](C)NC(=O)C(F)(F)c2ccccc2C(F)(F)F)C(=O)N[C@H](C(=O)C(F)(F)F)C(C)C)cc1. The zero-order chi connectivity index (χ0) is 32.9. The van der Waals surface area contributed by atoms with E-state index in [1.165, 1.54) is 45.2 Å². The molecule has 2 aromatic carbocycles. The molecule has 2 aromatic rings. The zero-order valence-corrected chi connectivity index (χ0v) is 23.0. The number of amides is 3. The number of ketones is 1. The van der Waals surface area contributed by atoms with Crippen LogP contribution in [-0.4, -0.2) is 48.9 Å². The first-order valence-corrected chi connectivity index (χ1v) is 12.4. The first-order chi connectivity index (χ1) is 19.7. The highest BCUT2D eigenvalue weighted by molar-refractivity contribution is 5.97. The van der Waals surface area contributed by atoms with Gasteiger partial charge in [0.25, 0.3) is 11.7 Å². The van der Waals surface area contributed by atoms with Gasteiger partial charge in [-0.1, -0.05) is 44.2 Å². The summed E-state index contributed by atoms with van der Waals surface area (Å²) in [6, 6.07) is 1.81. The molecule has 2 rings (SSSR count). The normalized spacial score (nSPS) is 14.3. The summed E-state index contributed by atoms with van der Waals surface area (Å²) in [7, 11) is 1.31. The molecule has 3 amide bonds. The number of nitrogens with one attached hydrogen (secondary N) is 3. The highest BCUT2D eigenvalue weighted by atomic mass is 19.4. The monoisotopic (exact) mass is 625 g/mol. The molecule has 0 unspecified atom stereocenters. The highest BCUT2D eigenvalue weighted by Gasteiger charge is 2.49. The minimum absolute atomic E-state index is 0.0448. The third kappa shape index (κ3) is 8.64. The van der Waals surface area contributed by atoms with Crippen LogP contribution in [0.1, 0.15) is 43.5 Å². The van der Waals surface area contributed by atoms with Gasteiger partial charge in [-0.15, -0.1) is 0 Å². The fraction of sp³-hybridized carbons (Fsp3) is 0.407. The number of hydrogen-bond acceptors (Lipinski definition) is 5. The first kappa shape index (κ1) is 35.0. The van der Waals surface area contributed by atoms with Crippen molar-refractivity contribution in [3.05, 3.63) is 65.2 Å². The molecule has 8 nitrogen and oxygen atoms in total. The van der Waals surface area contributed by atoms with Gasteiger partial charge in [0, 0.05) is 5.56 Å². The standard InChI is InChI=1S/C27H27F8N3O5/c1-13(2)19(21(39)27(33,34)35)37-23(41)20(15-9-11-16(43-4)12-10-15)38-22(40)14(3)36-24(42)25(28,29)17-7-5-6-8-18(17)26(30,31)32/h5-14,19-20H,1-4H3,(H,36,42)(H,37,41)(H,38,40)/t14-,19-,20-/m0/s1. The van der Waals surface area contributed by atoms with Crippen LogP contribution in [0.15, 0.2) is 48.5 Å². The molecule has 43 heavy (non-hydrogen) atoms. The Bertz CT molecular complexity index is 1330.